The first-order valence-corrected chi connectivity index (χ1v) is 8.65. The van der Waals surface area contributed by atoms with Crippen molar-refractivity contribution < 1.29 is 13.2 Å². The van der Waals surface area contributed by atoms with Crippen LogP contribution in [0.3, 0.4) is 0 Å². The summed E-state index contributed by atoms with van der Waals surface area (Å²) in [5, 5.41) is 0. The minimum atomic E-state index is -3.43. The van der Waals surface area contributed by atoms with Crippen LogP contribution in [0.1, 0.15) is 33.1 Å². The fourth-order valence-electron chi connectivity index (χ4n) is 1.64. The van der Waals surface area contributed by atoms with Gasteiger partial charge in [-0.1, -0.05) is 13.8 Å². The molecule has 0 aliphatic carbocycles. The molecule has 0 saturated carbocycles. The molecule has 19 heavy (non-hydrogen) atoms. The summed E-state index contributed by atoms with van der Waals surface area (Å²) >= 11 is 5.52. The predicted octanol–water partition coefficient (Wildman–Crippen LogP) is 1.43. The Morgan fingerprint density at radius 3 is 2.26 bits per heavy atom. The zero-order valence-corrected chi connectivity index (χ0v) is 13.7. The summed E-state index contributed by atoms with van der Waals surface area (Å²) in [4.78, 5) is 13.4. The predicted molar refractivity (Wildman–Crippen MR) is 78.8 cm³/mol. The number of carbonyl (C=O) groups is 1. The Kier molecular flexibility index (Phi) is 8.61. The Morgan fingerprint density at radius 1 is 1.26 bits per heavy atom. The molecule has 1 atom stereocenters. The number of likely N-dealkylation sites (N-methyl/N-ethyl adjacent to an activating group) is 1. The van der Waals surface area contributed by atoms with E-state index in [-0.39, 0.29) is 17.6 Å². The van der Waals surface area contributed by atoms with Crippen LogP contribution in [0.15, 0.2) is 0 Å². The Balaban J connectivity index is 4.66. The average Bonchev–Trinajstić information content (AvgIpc) is 2.26. The van der Waals surface area contributed by atoms with Gasteiger partial charge in [-0.25, -0.2) is 13.1 Å². The van der Waals surface area contributed by atoms with Crippen LogP contribution in [0, 0.1) is 5.92 Å². The highest BCUT2D eigenvalue weighted by molar-refractivity contribution is 7.89. The summed E-state index contributed by atoms with van der Waals surface area (Å²) in [5.41, 5.74) is 0. The van der Waals surface area contributed by atoms with Crippen molar-refractivity contribution >= 4 is 27.5 Å². The molecule has 0 fully saturated rings. The first-order chi connectivity index (χ1) is 8.69. The van der Waals surface area contributed by atoms with E-state index in [4.69, 9.17) is 11.6 Å². The molecule has 0 rings (SSSR count). The maximum Gasteiger partial charge on any atom is 0.240 e. The van der Waals surface area contributed by atoms with Gasteiger partial charge in [-0.2, -0.15) is 0 Å². The van der Waals surface area contributed by atoms with E-state index < -0.39 is 16.1 Å². The van der Waals surface area contributed by atoms with Crippen LogP contribution in [0.2, 0.25) is 0 Å². The second-order valence-corrected chi connectivity index (χ2v) is 7.50. The van der Waals surface area contributed by atoms with E-state index in [0.717, 1.165) is 0 Å². The number of amides is 1. The van der Waals surface area contributed by atoms with E-state index >= 15 is 0 Å². The van der Waals surface area contributed by atoms with E-state index in [1.54, 1.807) is 14.1 Å². The van der Waals surface area contributed by atoms with Gasteiger partial charge in [-0.05, 0) is 25.2 Å². The lowest BCUT2D eigenvalue weighted by molar-refractivity contribution is -0.130. The van der Waals surface area contributed by atoms with Gasteiger partial charge in [-0.15, -0.1) is 11.6 Å². The van der Waals surface area contributed by atoms with E-state index in [0.29, 0.717) is 25.1 Å². The van der Waals surface area contributed by atoms with Crippen LogP contribution in [-0.2, 0) is 14.8 Å². The Bertz CT molecular complexity index is 369. The number of carbonyl (C=O) groups excluding carboxylic acids is 1. The summed E-state index contributed by atoms with van der Waals surface area (Å²) in [6, 6.07) is -0.684. The summed E-state index contributed by atoms with van der Waals surface area (Å²) in [6.45, 7) is 3.91. The maximum absolute atomic E-state index is 12.0. The van der Waals surface area contributed by atoms with E-state index in [9.17, 15) is 13.2 Å². The van der Waals surface area contributed by atoms with Crippen molar-refractivity contribution in [2.45, 2.75) is 39.2 Å². The van der Waals surface area contributed by atoms with Gasteiger partial charge in [0.15, 0.2) is 0 Å². The standard InChI is InChI=1S/C12H25ClN2O3S/c1-10(2)9-11(12(16)15(3)4)14-19(17,18)8-6-5-7-13/h10-11,14H,5-9H2,1-4H3. The zero-order chi connectivity index (χ0) is 15.1. The molecule has 0 radical (unpaired) electrons. The molecule has 0 aliphatic rings. The average molecular weight is 313 g/mol. The van der Waals surface area contributed by atoms with Gasteiger partial charge in [0.25, 0.3) is 0 Å². The van der Waals surface area contributed by atoms with Crippen LogP contribution in [-0.4, -0.2) is 51.0 Å². The third-order valence-electron chi connectivity index (χ3n) is 2.56. The quantitative estimate of drug-likeness (QED) is 0.517. The highest BCUT2D eigenvalue weighted by atomic mass is 35.5. The molecule has 0 heterocycles. The first kappa shape index (κ1) is 18.7. The third kappa shape index (κ3) is 8.44. The van der Waals surface area contributed by atoms with Crippen molar-refractivity contribution in [2.75, 3.05) is 25.7 Å². The molecule has 5 nitrogen and oxygen atoms in total. The fraction of sp³-hybridized carbons (Fsp3) is 0.917. The number of alkyl halides is 1. The van der Waals surface area contributed by atoms with E-state index in [1.807, 2.05) is 13.8 Å². The van der Waals surface area contributed by atoms with Gasteiger partial charge in [0.2, 0.25) is 15.9 Å². The molecule has 1 N–H and O–H groups in total. The molecule has 0 bridgehead atoms. The highest BCUT2D eigenvalue weighted by Crippen LogP contribution is 2.09. The molecular weight excluding hydrogens is 288 g/mol. The Morgan fingerprint density at radius 2 is 1.84 bits per heavy atom. The largest absolute Gasteiger partial charge is 0.347 e. The highest BCUT2D eigenvalue weighted by Gasteiger charge is 2.26. The number of unbranched alkanes of at least 4 members (excludes halogenated alkanes) is 1. The molecule has 114 valence electrons. The number of rotatable bonds is 9. The summed E-state index contributed by atoms with van der Waals surface area (Å²) in [5.74, 6) is 0.477. The van der Waals surface area contributed by atoms with Gasteiger partial charge >= 0.3 is 0 Å². The van der Waals surface area contributed by atoms with Gasteiger partial charge < -0.3 is 4.90 Å². The smallest absolute Gasteiger partial charge is 0.240 e. The van der Waals surface area contributed by atoms with E-state index in [2.05, 4.69) is 4.72 Å². The van der Waals surface area contributed by atoms with Gasteiger partial charge in [0.05, 0.1) is 5.75 Å². The van der Waals surface area contributed by atoms with Crippen LogP contribution >= 0.6 is 11.6 Å². The SMILES string of the molecule is CC(C)CC(NS(=O)(=O)CCCCCl)C(=O)N(C)C. The molecule has 7 heteroatoms. The number of hydrogen-bond donors (Lipinski definition) is 1. The molecule has 0 spiro atoms. The molecule has 0 aliphatic heterocycles. The first-order valence-electron chi connectivity index (χ1n) is 6.46. The summed E-state index contributed by atoms with van der Waals surface area (Å²) in [7, 11) is -0.188. The second kappa shape index (κ2) is 8.76. The molecule has 0 aromatic carbocycles. The summed E-state index contributed by atoms with van der Waals surface area (Å²) < 4.78 is 26.3. The second-order valence-electron chi connectivity index (χ2n) is 5.25. The van der Waals surface area contributed by atoms with Crippen LogP contribution in [0.4, 0.5) is 0 Å². The lowest BCUT2D eigenvalue weighted by atomic mass is 10.0. The zero-order valence-electron chi connectivity index (χ0n) is 12.1. The third-order valence-corrected chi connectivity index (χ3v) is 4.30. The maximum atomic E-state index is 12.0. The monoisotopic (exact) mass is 312 g/mol. The Hall–Kier alpha value is -0.330. The topological polar surface area (TPSA) is 66.5 Å². The Labute approximate surface area is 121 Å². The van der Waals surface area contributed by atoms with Crippen molar-refractivity contribution in [3.63, 3.8) is 0 Å². The molecule has 0 saturated heterocycles. The molecular formula is C12H25ClN2O3S. The van der Waals surface area contributed by atoms with E-state index in [1.165, 1.54) is 4.90 Å². The van der Waals surface area contributed by atoms with Gasteiger partial charge in [-0.3, -0.25) is 4.79 Å². The molecule has 1 amide bonds. The van der Waals surface area contributed by atoms with Crippen LogP contribution in [0.25, 0.3) is 0 Å². The lowest BCUT2D eigenvalue weighted by Gasteiger charge is -2.23. The minimum absolute atomic E-state index is 0.00895. The van der Waals surface area contributed by atoms with Gasteiger partial charge in [0.1, 0.15) is 6.04 Å². The van der Waals surface area contributed by atoms with Crippen LogP contribution in [0.5, 0.6) is 0 Å². The molecule has 0 aromatic rings. The molecule has 0 aromatic heterocycles. The number of sulfonamides is 1. The fourth-order valence-corrected chi connectivity index (χ4v) is 3.17. The van der Waals surface area contributed by atoms with Crippen LogP contribution < -0.4 is 4.72 Å². The van der Waals surface area contributed by atoms with Gasteiger partial charge in [0, 0.05) is 20.0 Å². The number of nitrogens with zero attached hydrogens (tertiary/aromatic N) is 1. The lowest BCUT2D eigenvalue weighted by Crippen LogP contribution is -2.47. The van der Waals surface area contributed by atoms with Crippen molar-refractivity contribution in [2.24, 2.45) is 5.92 Å². The van der Waals surface area contributed by atoms with Crippen molar-refractivity contribution in [1.82, 2.24) is 9.62 Å². The normalized spacial score (nSPS) is 13.6. The number of nitrogens with one attached hydrogen (secondary N) is 1. The minimum Gasteiger partial charge on any atom is -0.347 e. The van der Waals surface area contributed by atoms with Crippen molar-refractivity contribution in [1.29, 1.82) is 0 Å². The van der Waals surface area contributed by atoms with Crippen molar-refractivity contribution in [3.8, 4) is 0 Å². The molecule has 1 unspecified atom stereocenters. The number of hydrogen-bond acceptors (Lipinski definition) is 3. The number of halogens is 1. The van der Waals surface area contributed by atoms with Crippen molar-refractivity contribution in [3.05, 3.63) is 0 Å². The summed E-state index contributed by atoms with van der Waals surface area (Å²) in [6.07, 6.45) is 1.65.